The average Bonchev–Trinajstić information content (AvgIpc) is 3.68. The fourth-order valence-electron chi connectivity index (χ4n) is 8.60. The van der Waals surface area contributed by atoms with Crippen molar-refractivity contribution in [3.63, 3.8) is 0 Å². The van der Waals surface area contributed by atoms with Gasteiger partial charge in [0.2, 0.25) is 0 Å². The summed E-state index contributed by atoms with van der Waals surface area (Å²) >= 11 is 0. The van der Waals surface area contributed by atoms with Gasteiger partial charge in [-0.25, -0.2) is 24.9 Å². The molecule has 6 heteroatoms. The number of fused-ring (bicyclic) bond motifs is 3. The topological polar surface area (TPSA) is 69.4 Å². The molecule has 11 aromatic rings. The molecule has 0 atom stereocenters. The molecule has 0 radical (unpaired) electrons. The first-order chi connectivity index (χ1) is 31.0. The van der Waals surface area contributed by atoms with Gasteiger partial charge in [-0.05, 0) is 66.9 Å². The van der Waals surface area contributed by atoms with Crippen LogP contribution in [0, 0.1) is 13.8 Å². The highest BCUT2D eigenvalue weighted by Crippen LogP contribution is 2.40. The van der Waals surface area contributed by atoms with Crippen molar-refractivity contribution in [1.29, 1.82) is 0 Å². The SMILES string of the molecule is Cc1ccc(-c2ccc3c4ccccc4n(-c4ccc(-c5nc(-c6ccccc6)nc(-c6ccccc6)n5)cc4-c4nc(-c5ccccc5)cc(-c5ccccc5)n4)c3c2)c(C)c1. The van der Waals surface area contributed by atoms with Gasteiger partial charge in [0.15, 0.2) is 23.3 Å². The molecule has 0 N–H and O–H groups in total. The molecule has 0 amide bonds. The summed E-state index contributed by atoms with van der Waals surface area (Å²) in [7, 11) is 0. The van der Waals surface area contributed by atoms with Crippen molar-refractivity contribution in [1.82, 2.24) is 29.5 Å². The highest BCUT2D eigenvalue weighted by Gasteiger charge is 2.22. The van der Waals surface area contributed by atoms with Crippen molar-refractivity contribution >= 4 is 21.8 Å². The van der Waals surface area contributed by atoms with Crippen LogP contribution in [0.2, 0.25) is 0 Å². The number of rotatable bonds is 8. The fourth-order valence-corrected chi connectivity index (χ4v) is 8.60. The van der Waals surface area contributed by atoms with Crippen LogP contribution >= 0.6 is 0 Å². The van der Waals surface area contributed by atoms with E-state index in [1.54, 1.807) is 0 Å². The van der Waals surface area contributed by atoms with Gasteiger partial charge in [0.25, 0.3) is 0 Å². The lowest BCUT2D eigenvalue weighted by atomic mass is 9.97. The summed E-state index contributed by atoms with van der Waals surface area (Å²) in [5.74, 6) is 2.33. The van der Waals surface area contributed by atoms with Crippen molar-refractivity contribution < 1.29 is 0 Å². The highest BCUT2D eigenvalue weighted by molar-refractivity contribution is 6.11. The molecule has 0 fully saturated rings. The Morgan fingerprint density at radius 3 is 1.41 bits per heavy atom. The monoisotopic (exact) mass is 808 g/mol. The zero-order valence-corrected chi connectivity index (χ0v) is 34.8. The van der Waals surface area contributed by atoms with Gasteiger partial charge < -0.3 is 4.57 Å². The molecule has 0 saturated carbocycles. The Kier molecular flexibility index (Phi) is 9.51. The van der Waals surface area contributed by atoms with Crippen LogP contribution < -0.4 is 0 Å². The van der Waals surface area contributed by atoms with E-state index in [9.17, 15) is 0 Å². The van der Waals surface area contributed by atoms with E-state index in [2.05, 4.69) is 128 Å². The number of hydrogen-bond donors (Lipinski definition) is 0. The maximum Gasteiger partial charge on any atom is 0.164 e. The lowest BCUT2D eigenvalue weighted by Gasteiger charge is -2.17. The quantitative estimate of drug-likeness (QED) is 0.153. The molecule has 0 aliphatic rings. The molecule has 0 spiro atoms. The lowest BCUT2D eigenvalue weighted by Crippen LogP contribution is -2.04. The van der Waals surface area contributed by atoms with Crippen LogP contribution in [0.1, 0.15) is 11.1 Å². The van der Waals surface area contributed by atoms with Gasteiger partial charge in [0.1, 0.15) is 0 Å². The molecule has 0 aliphatic carbocycles. The van der Waals surface area contributed by atoms with Gasteiger partial charge in [-0.2, -0.15) is 0 Å². The van der Waals surface area contributed by atoms with E-state index < -0.39 is 0 Å². The molecular formula is C57H40N6. The van der Waals surface area contributed by atoms with Crippen LogP contribution in [0.3, 0.4) is 0 Å². The molecule has 0 saturated heterocycles. The molecular weight excluding hydrogens is 769 g/mol. The Balaban J connectivity index is 1.21. The minimum Gasteiger partial charge on any atom is -0.308 e. The van der Waals surface area contributed by atoms with Crippen LogP contribution in [0.15, 0.2) is 206 Å². The van der Waals surface area contributed by atoms with E-state index in [0.717, 1.165) is 77.8 Å². The lowest BCUT2D eigenvalue weighted by molar-refractivity contribution is 1.07. The van der Waals surface area contributed by atoms with Gasteiger partial charge in [-0.15, -0.1) is 0 Å². The highest BCUT2D eigenvalue weighted by atomic mass is 15.0. The number of aryl methyl sites for hydroxylation is 2. The van der Waals surface area contributed by atoms with Crippen LogP contribution in [0.4, 0.5) is 0 Å². The zero-order valence-electron chi connectivity index (χ0n) is 34.8. The van der Waals surface area contributed by atoms with Gasteiger partial charge in [0.05, 0.1) is 28.1 Å². The molecule has 6 nitrogen and oxygen atoms in total. The van der Waals surface area contributed by atoms with Crippen molar-refractivity contribution in [2.24, 2.45) is 0 Å². The smallest absolute Gasteiger partial charge is 0.164 e. The van der Waals surface area contributed by atoms with E-state index in [-0.39, 0.29) is 0 Å². The van der Waals surface area contributed by atoms with Gasteiger partial charge in [-0.3, -0.25) is 0 Å². The Bertz CT molecular complexity index is 3340. The maximum absolute atomic E-state index is 5.40. The van der Waals surface area contributed by atoms with E-state index >= 15 is 0 Å². The minimum absolute atomic E-state index is 0.553. The second kappa shape index (κ2) is 15.9. The molecule has 3 aromatic heterocycles. The number of benzene rings is 8. The molecule has 0 unspecified atom stereocenters. The first-order valence-electron chi connectivity index (χ1n) is 21.2. The molecule has 8 aromatic carbocycles. The molecule has 63 heavy (non-hydrogen) atoms. The first-order valence-corrected chi connectivity index (χ1v) is 21.2. The predicted octanol–water partition coefficient (Wildman–Crippen LogP) is 14.0. The second-order valence-electron chi connectivity index (χ2n) is 15.9. The number of aromatic nitrogens is 6. The van der Waals surface area contributed by atoms with E-state index in [4.69, 9.17) is 24.9 Å². The molecule has 3 heterocycles. The number of hydrogen-bond acceptors (Lipinski definition) is 5. The van der Waals surface area contributed by atoms with Crippen LogP contribution in [0.5, 0.6) is 0 Å². The summed E-state index contributed by atoms with van der Waals surface area (Å²) in [4.78, 5) is 26.1. The van der Waals surface area contributed by atoms with Gasteiger partial charge in [0, 0.05) is 44.2 Å². The Morgan fingerprint density at radius 2 is 0.825 bits per heavy atom. The van der Waals surface area contributed by atoms with Crippen molar-refractivity contribution in [3.8, 4) is 84.9 Å². The largest absolute Gasteiger partial charge is 0.308 e. The minimum atomic E-state index is 0.553. The summed E-state index contributed by atoms with van der Waals surface area (Å²) in [6.45, 7) is 4.33. The Hall–Kier alpha value is -8.35. The summed E-state index contributed by atoms with van der Waals surface area (Å²) in [6.07, 6.45) is 0. The van der Waals surface area contributed by atoms with E-state index in [1.165, 1.54) is 16.7 Å². The standard InChI is InChI=1S/C57H40N6/c1-37-27-30-45(38(2)33-37)43-28-31-47-46-25-15-16-26-51(46)63(53(47)35-43)52-32-29-44(56-61-54(41-21-11-5-12-22-41)60-55(62-56)42-23-13-6-14-24-42)34-48(52)57-58-49(39-17-7-3-8-18-39)36-50(59-57)40-19-9-4-10-20-40/h3-36H,1-2H3. The number of nitrogens with zero attached hydrogens (tertiary/aromatic N) is 6. The molecule has 11 rings (SSSR count). The van der Waals surface area contributed by atoms with Crippen LogP contribution in [-0.2, 0) is 0 Å². The van der Waals surface area contributed by atoms with E-state index in [0.29, 0.717) is 23.3 Å². The third-order valence-electron chi connectivity index (χ3n) is 11.7. The van der Waals surface area contributed by atoms with Crippen molar-refractivity contribution in [3.05, 3.63) is 217 Å². The van der Waals surface area contributed by atoms with Gasteiger partial charge >= 0.3 is 0 Å². The van der Waals surface area contributed by atoms with Crippen LogP contribution in [0.25, 0.3) is 107 Å². The summed E-state index contributed by atoms with van der Waals surface area (Å²) in [6, 6.07) is 71.5. The maximum atomic E-state index is 5.40. The summed E-state index contributed by atoms with van der Waals surface area (Å²) in [5.41, 5.74) is 15.1. The van der Waals surface area contributed by atoms with Crippen molar-refractivity contribution in [2.45, 2.75) is 13.8 Å². The third-order valence-corrected chi connectivity index (χ3v) is 11.7. The summed E-state index contributed by atoms with van der Waals surface area (Å²) < 4.78 is 2.37. The number of para-hydroxylation sites is 1. The van der Waals surface area contributed by atoms with Crippen LogP contribution in [-0.4, -0.2) is 29.5 Å². The normalized spacial score (nSPS) is 11.3. The predicted molar refractivity (Wildman–Crippen MR) is 257 cm³/mol. The van der Waals surface area contributed by atoms with Gasteiger partial charge in [-0.1, -0.05) is 175 Å². The molecule has 0 aliphatic heterocycles. The van der Waals surface area contributed by atoms with E-state index in [1.807, 2.05) is 97.1 Å². The second-order valence-corrected chi connectivity index (χ2v) is 15.9. The zero-order chi connectivity index (χ0) is 42.3. The molecule has 0 bridgehead atoms. The molecule has 298 valence electrons. The Morgan fingerprint density at radius 1 is 0.317 bits per heavy atom. The third kappa shape index (κ3) is 7.13. The summed E-state index contributed by atoms with van der Waals surface area (Å²) in [5, 5.41) is 2.33. The first kappa shape index (κ1) is 37.6. The Labute approximate surface area is 365 Å². The fraction of sp³-hybridized carbons (Fsp3) is 0.0351. The van der Waals surface area contributed by atoms with Crippen molar-refractivity contribution in [2.75, 3.05) is 0 Å². The average molecular weight is 809 g/mol.